The van der Waals surface area contributed by atoms with Gasteiger partial charge in [-0.1, -0.05) is 6.42 Å². The maximum atomic E-state index is 9.83. The van der Waals surface area contributed by atoms with Crippen molar-refractivity contribution in [2.45, 2.75) is 44.7 Å². The molecule has 2 aliphatic heterocycles. The number of aromatic hydroxyl groups is 1. The molecular weight excluding hydrogens is 358 g/mol. The van der Waals surface area contributed by atoms with Crippen LogP contribution in [0.4, 0.5) is 0 Å². The van der Waals surface area contributed by atoms with Crippen LogP contribution in [0.3, 0.4) is 0 Å². The van der Waals surface area contributed by atoms with Gasteiger partial charge in [0.25, 0.3) is 6.47 Å². The van der Waals surface area contributed by atoms with Crippen molar-refractivity contribution in [2.24, 2.45) is 5.92 Å². The van der Waals surface area contributed by atoms with Crippen LogP contribution in [-0.4, -0.2) is 57.4 Å². The molecule has 0 saturated carbocycles. The molecular formula is C21H29N3O4. The highest BCUT2D eigenvalue weighted by molar-refractivity contribution is 5.61. The molecule has 1 aromatic heterocycles. The number of ether oxygens (including phenoxy) is 1. The molecule has 4 rings (SSSR count). The second kappa shape index (κ2) is 9.59. The molecule has 2 aromatic rings. The molecule has 28 heavy (non-hydrogen) atoms. The second-order valence-corrected chi connectivity index (χ2v) is 7.40. The summed E-state index contributed by atoms with van der Waals surface area (Å²) in [4.78, 5) is 15.6. The third kappa shape index (κ3) is 4.47. The number of hydrogen-bond donors (Lipinski definition) is 2. The van der Waals surface area contributed by atoms with E-state index in [-0.39, 0.29) is 12.2 Å². The highest BCUT2D eigenvalue weighted by Gasteiger charge is 2.33. The second-order valence-electron chi connectivity index (χ2n) is 7.40. The number of rotatable bonds is 4. The summed E-state index contributed by atoms with van der Waals surface area (Å²) >= 11 is 0. The van der Waals surface area contributed by atoms with Crippen molar-refractivity contribution in [3.8, 4) is 22.9 Å². The van der Waals surface area contributed by atoms with E-state index < -0.39 is 0 Å². The lowest BCUT2D eigenvalue weighted by molar-refractivity contribution is -0.122. The Hall–Kier alpha value is -2.54. The zero-order valence-corrected chi connectivity index (χ0v) is 16.3. The predicted molar refractivity (Wildman–Crippen MR) is 107 cm³/mol. The van der Waals surface area contributed by atoms with Crippen LogP contribution in [0, 0.1) is 5.92 Å². The van der Waals surface area contributed by atoms with Crippen molar-refractivity contribution >= 4 is 6.47 Å². The smallest absolute Gasteiger partial charge is 0.290 e. The number of carboxylic acid groups (broad SMARTS) is 1. The van der Waals surface area contributed by atoms with Gasteiger partial charge in [0.2, 0.25) is 0 Å². The minimum atomic E-state index is -0.250. The van der Waals surface area contributed by atoms with E-state index in [0.717, 1.165) is 24.0 Å². The molecule has 0 bridgehead atoms. The van der Waals surface area contributed by atoms with E-state index in [1.807, 2.05) is 18.3 Å². The minimum Gasteiger partial charge on any atom is -0.504 e. The van der Waals surface area contributed by atoms with E-state index >= 15 is 0 Å². The quantitative estimate of drug-likeness (QED) is 0.783. The van der Waals surface area contributed by atoms with Crippen LogP contribution >= 0.6 is 0 Å². The molecule has 0 unspecified atom stereocenters. The molecule has 0 amide bonds. The monoisotopic (exact) mass is 387 g/mol. The number of fused-ring (bicyclic) bond motifs is 1. The summed E-state index contributed by atoms with van der Waals surface area (Å²) in [5.74, 6) is 2.30. The lowest BCUT2D eigenvalue weighted by Crippen LogP contribution is -2.49. The molecule has 1 aromatic carbocycles. The Bertz CT molecular complexity index is 775. The van der Waals surface area contributed by atoms with Gasteiger partial charge in [-0.15, -0.1) is 0 Å². The van der Waals surface area contributed by atoms with E-state index in [1.54, 1.807) is 13.2 Å². The van der Waals surface area contributed by atoms with Gasteiger partial charge in [0, 0.05) is 30.5 Å². The number of imidazole rings is 1. The summed E-state index contributed by atoms with van der Waals surface area (Å²) in [6.45, 7) is 3.31. The molecule has 2 saturated heterocycles. The van der Waals surface area contributed by atoms with Crippen LogP contribution in [0.2, 0.25) is 0 Å². The van der Waals surface area contributed by atoms with Crippen LogP contribution < -0.4 is 4.74 Å². The molecule has 2 atom stereocenters. The van der Waals surface area contributed by atoms with Crippen LogP contribution in [0.5, 0.6) is 11.5 Å². The number of phenolic OH excluding ortho intramolecular Hbond substituents is 1. The molecule has 152 valence electrons. The zero-order valence-electron chi connectivity index (χ0n) is 16.3. The molecule has 2 fully saturated rings. The fourth-order valence-corrected chi connectivity index (χ4v) is 4.58. The average molecular weight is 387 g/mol. The number of benzene rings is 1. The van der Waals surface area contributed by atoms with E-state index in [9.17, 15) is 5.11 Å². The van der Waals surface area contributed by atoms with Crippen LogP contribution in [-0.2, 0) is 11.3 Å². The normalized spacial score (nSPS) is 21.9. The van der Waals surface area contributed by atoms with Gasteiger partial charge in [-0.2, -0.15) is 0 Å². The van der Waals surface area contributed by atoms with Gasteiger partial charge in [-0.3, -0.25) is 4.79 Å². The van der Waals surface area contributed by atoms with Gasteiger partial charge >= 0.3 is 0 Å². The first kappa shape index (κ1) is 20.2. The maximum Gasteiger partial charge on any atom is 0.290 e. The van der Waals surface area contributed by atoms with Crippen molar-refractivity contribution in [1.29, 1.82) is 0 Å². The first-order valence-corrected chi connectivity index (χ1v) is 9.88. The standard InChI is InChI=1S/C20H27N3O2.CH2O2/c1-25-19-13-15(7-8-18(19)24)20-21-9-12-23(20)14-16-5-4-11-22-10-3-2-6-17(16)22;2-1-3/h7-9,12-13,16-17,24H,2-6,10-11,14H2,1H3;1H,(H,2,3)/t16-,17+;/m0./s1. The summed E-state index contributed by atoms with van der Waals surface area (Å²) in [6.07, 6.45) is 10.6. The molecule has 3 heterocycles. The van der Waals surface area contributed by atoms with Crippen LogP contribution in [0.1, 0.15) is 32.1 Å². The Kier molecular flexibility index (Phi) is 6.92. The Labute approximate surface area is 165 Å². The first-order valence-electron chi connectivity index (χ1n) is 9.88. The third-order valence-electron chi connectivity index (χ3n) is 5.81. The number of nitrogens with zero attached hydrogens (tertiary/aromatic N) is 3. The topological polar surface area (TPSA) is 87.8 Å². The highest BCUT2D eigenvalue weighted by Crippen LogP contribution is 2.34. The first-order chi connectivity index (χ1) is 13.7. The highest BCUT2D eigenvalue weighted by atomic mass is 16.5. The SMILES string of the molecule is COc1cc(-c2nccn2C[C@@H]2CCCN3CCCC[C@H]23)ccc1O.O=CO. The fraction of sp³-hybridized carbons (Fsp3) is 0.524. The summed E-state index contributed by atoms with van der Waals surface area (Å²) < 4.78 is 7.52. The van der Waals surface area contributed by atoms with Crippen molar-refractivity contribution in [3.05, 3.63) is 30.6 Å². The lowest BCUT2D eigenvalue weighted by Gasteiger charge is -2.44. The number of methoxy groups -OCH3 is 1. The summed E-state index contributed by atoms with van der Waals surface area (Å²) in [7, 11) is 1.57. The maximum absolute atomic E-state index is 9.83. The van der Waals surface area contributed by atoms with Crippen molar-refractivity contribution in [1.82, 2.24) is 14.5 Å². The number of aromatic nitrogens is 2. The van der Waals surface area contributed by atoms with Gasteiger partial charge < -0.3 is 24.4 Å². The Balaban J connectivity index is 0.000000706. The molecule has 0 spiro atoms. The Morgan fingerprint density at radius 1 is 1.25 bits per heavy atom. The summed E-state index contributed by atoms with van der Waals surface area (Å²) in [6, 6.07) is 6.18. The molecule has 7 heteroatoms. The number of phenols is 1. The van der Waals surface area contributed by atoms with Gasteiger partial charge in [0.1, 0.15) is 5.82 Å². The van der Waals surface area contributed by atoms with Crippen LogP contribution in [0.25, 0.3) is 11.4 Å². The largest absolute Gasteiger partial charge is 0.504 e. The zero-order chi connectivity index (χ0) is 19.9. The predicted octanol–water partition coefficient (Wildman–Crippen LogP) is 3.23. The molecule has 2 aliphatic rings. The van der Waals surface area contributed by atoms with Gasteiger partial charge in [-0.05, 0) is 62.9 Å². The summed E-state index contributed by atoms with van der Waals surface area (Å²) in [5.41, 5.74) is 0.982. The van der Waals surface area contributed by atoms with Gasteiger partial charge in [-0.25, -0.2) is 4.98 Å². The van der Waals surface area contributed by atoms with Crippen LogP contribution in [0.15, 0.2) is 30.6 Å². The molecule has 2 N–H and O–H groups in total. The van der Waals surface area contributed by atoms with Crippen molar-refractivity contribution in [2.75, 3.05) is 20.2 Å². The molecule has 0 radical (unpaired) electrons. The minimum absolute atomic E-state index is 0.162. The van der Waals surface area contributed by atoms with Crippen molar-refractivity contribution < 1.29 is 19.7 Å². The van der Waals surface area contributed by atoms with E-state index in [4.69, 9.17) is 14.6 Å². The lowest BCUT2D eigenvalue weighted by atomic mass is 9.83. The van der Waals surface area contributed by atoms with Crippen molar-refractivity contribution in [3.63, 3.8) is 0 Å². The van der Waals surface area contributed by atoms with Gasteiger partial charge in [0.15, 0.2) is 11.5 Å². The average Bonchev–Trinajstić information content (AvgIpc) is 3.17. The summed E-state index contributed by atoms with van der Waals surface area (Å²) in [5, 5.41) is 16.7. The van der Waals surface area contributed by atoms with E-state index in [0.29, 0.717) is 11.7 Å². The Morgan fingerprint density at radius 2 is 2.04 bits per heavy atom. The number of hydrogen-bond acceptors (Lipinski definition) is 5. The number of piperidine rings is 2. The number of carbonyl (C=O) groups is 1. The third-order valence-corrected chi connectivity index (χ3v) is 5.81. The van der Waals surface area contributed by atoms with E-state index in [1.165, 1.54) is 45.2 Å². The molecule has 7 nitrogen and oxygen atoms in total. The fourth-order valence-electron chi connectivity index (χ4n) is 4.58. The molecule has 0 aliphatic carbocycles. The van der Waals surface area contributed by atoms with E-state index in [2.05, 4.69) is 20.6 Å². The van der Waals surface area contributed by atoms with Gasteiger partial charge in [0.05, 0.1) is 7.11 Å². The Morgan fingerprint density at radius 3 is 2.82 bits per heavy atom.